The molecule has 8 heteroatoms. The number of nitrogens with zero attached hydrogens (tertiary/aromatic N) is 1. The van der Waals surface area contributed by atoms with Gasteiger partial charge in [0.25, 0.3) is 0 Å². The molecule has 3 unspecified atom stereocenters. The largest absolute Gasteiger partial charge is 0.508 e. The van der Waals surface area contributed by atoms with E-state index in [-0.39, 0.29) is 30.0 Å². The van der Waals surface area contributed by atoms with E-state index in [2.05, 4.69) is 17.6 Å². The Morgan fingerprint density at radius 3 is 2.23 bits per heavy atom. The van der Waals surface area contributed by atoms with Crippen LogP contribution in [0.2, 0.25) is 0 Å². The summed E-state index contributed by atoms with van der Waals surface area (Å²) in [4.78, 5) is 42.8. The van der Waals surface area contributed by atoms with Crippen LogP contribution in [0.15, 0.2) is 42.5 Å². The average Bonchev–Trinajstić information content (AvgIpc) is 2.87. The second kappa shape index (κ2) is 14.7. The fraction of sp³-hybridized carbons (Fsp3) is 0.531. The van der Waals surface area contributed by atoms with Gasteiger partial charge in [-0.2, -0.15) is 0 Å². The molecule has 220 valence electrons. The van der Waals surface area contributed by atoms with Gasteiger partial charge in [-0.1, -0.05) is 56.2 Å². The molecule has 0 aliphatic rings. The Kier molecular flexibility index (Phi) is 12.0. The number of phenols is 1. The third-order valence-electron chi connectivity index (χ3n) is 6.76. The van der Waals surface area contributed by atoms with Gasteiger partial charge in [0.2, 0.25) is 11.8 Å². The molecule has 0 heterocycles. The molecule has 2 aromatic rings. The molecular weight excluding hydrogens is 506 g/mol. The lowest BCUT2D eigenvalue weighted by Gasteiger charge is -2.39. The van der Waals surface area contributed by atoms with Gasteiger partial charge in [-0.3, -0.25) is 9.59 Å². The summed E-state index contributed by atoms with van der Waals surface area (Å²) < 4.78 is 5.49. The van der Waals surface area contributed by atoms with Gasteiger partial charge in [-0.05, 0) is 83.2 Å². The Bertz CT molecular complexity index is 1140. The van der Waals surface area contributed by atoms with Crippen LogP contribution < -0.4 is 10.6 Å². The van der Waals surface area contributed by atoms with Crippen LogP contribution in [0.5, 0.6) is 5.75 Å². The molecule has 0 bridgehead atoms. The van der Waals surface area contributed by atoms with Crippen LogP contribution in [0.3, 0.4) is 0 Å². The Labute approximate surface area is 239 Å². The zero-order valence-corrected chi connectivity index (χ0v) is 25.3. The Hall–Kier alpha value is -3.55. The number of phenolic OH excluding ortho intramolecular Hbond substituents is 1. The van der Waals surface area contributed by atoms with Crippen molar-refractivity contribution in [2.24, 2.45) is 0 Å². The van der Waals surface area contributed by atoms with E-state index in [1.54, 1.807) is 37.8 Å². The number of unbranched alkanes of at least 4 members (excludes halogenated alkanes) is 1. The zero-order valence-electron chi connectivity index (χ0n) is 25.3. The summed E-state index contributed by atoms with van der Waals surface area (Å²) in [6.45, 7) is 15.6. The van der Waals surface area contributed by atoms with Crippen molar-refractivity contribution in [2.45, 2.75) is 105 Å². The molecule has 0 spiro atoms. The highest BCUT2D eigenvalue weighted by Crippen LogP contribution is 2.29. The lowest BCUT2D eigenvalue weighted by atomic mass is 9.94. The summed E-state index contributed by atoms with van der Waals surface area (Å²) in [6.07, 6.45) is 1.79. The summed E-state index contributed by atoms with van der Waals surface area (Å²) in [5, 5.41) is 15.6. The van der Waals surface area contributed by atoms with Crippen LogP contribution in [-0.4, -0.2) is 52.1 Å². The lowest BCUT2D eigenvalue weighted by molar-refractivity contribution is -0.145. The van der Waals surface area contributed by atoms with Crippen molar-refractivity contribution in [3.8, 4) is 5.75 Å². The number of alkyl carbamates (subject to hydrolysis) is 1. The van der Waals surface area contributed by atoms with Crippen molar-refractivity contribution < 1.29 is 24.2 Å². The van der Waals surface area contributed by atoms with Crippen LogP contribution in [0.4, 0.5) is 4.79 Å². The van der Waals surface area contributed by atoms with E-state index in [0.717, 1.165) is 35.1 Å². The fourth-order valence-corrected chi connectivity index (χ4v) is 4.53. The van der Waals surface area contributed by atoms with E-state index < -0.39 is 23.8 Å². The minimum Gasteiger partial charge on any atom is -0.508 e. The highest BCUT2D eigenvalue weighted by atomic mass is 16.6. The van der Waals surface area contributed by atoms with Crippen LogP contribution in [0.1, 0.15) is 89.1 Å². The molecule has 3 N–H and O–H groups in total. The quantitative estimate of drug-likeness (QED) is 0.291. The fourth-order valence-electron chi connectivity index (χ4n) is 4.53. The molecule has 0 saturated heterocycles. The normalized spacial score (nSPS) is 13.6. The van der Waals surface area contributed by atoms with E-state index >= 15 is 0 Å². The van der Waals surface area contributed by atoms with Gasteiger partial charge in [0.15, 0.2) is 0 Å². The third-order valence-corrected chi connectivity index (χ3v) is 6.76. The lowest BCUT2D eigenvalue weighted by Crippen LogP contribution is -2.56. The van der Waals surface area contributed by atoms with Crippen LogP contribution in [0.25, 0.3) is 0 Å². The maximum Gasteiger partial charge on any atom is 0.408 e. The minimum atomic E-state index is -1.01. The molecule has 3 atom stereocenters. The predicted molar refractivity (Wildman–Crippen MR) is 158 cm³/mol. The van der Waals surface area contributed by atoms with Gasteiger partial charge in [0.05, 0.1) is 0 Å². The summed E-state index contributed by atoms with van der Waals surface area (Å²) >= 11 is 0. The highest BCUT2D eigenvalue weighted by molar-refractivity contribution is 5.92. The van der Waals surface area contributed by atoms with Gasteiger partial charge in [-0.25, -0.2) is 4.79 Å². The Balaban J connectivity index is 2.60. The van der Waals surface area contributed by atoms with Crippen molar-refractivity contribution in [2.75, 3.05) is 6.54 Å². The van der Waals surface area contributed by atoms with E-state index in [4.69, 9.17) is 4.74 Å². The molecule has 0 aliphatic heterocycles. The third kappa shape index (κ3) is 9.57. The Morgan fingerprint density at radius 2 is 1.68 bits per heavy atom. The molecule has 8 nitrogen and oxygen atoms in total. The minimum absolute atomic E-state index is 0.103. The number of amides is 3. The number of benzene rings is 2. The van der Waals surface area contributed by atoms with E-state index in [9.17, 15) is 19.5 Å². The van der Waals surface area contributed by atoms with E-state index in [1.807, 2.05) is 45.9 Å². The first-order valence-corrected chi connectivity index (χ1v) is 14.2. The second-order valence-corrected chi connectivity index (χ2v) is 11.5. The molecular formula is C32H47N3O5. The summed E-state index contributed by atoms with van der Waals surface area (Å²) in [6, 6.07) is 10.2. The van der Waals surface area contributed by atoms with Crippen LogP contribution in [-0.2, 0) is 20.7 Å². The van der Waals surface area contributed by atoms with Gasteiger partial charge in [0.1, 0.15) is 23.4 Å². The second-order valence-electron chi connectivity index (χ2n) is 11.5. The predicted octanol–water partition coefficient (Wildman–Crippen LogP) is 5.73. The summed E-state index contributed by atoms with van der Waals surface area (Å²) in [7, 11) is 0. The van der Waals surface area contributed by atoms with Gasteiger partial charge < -0.3 is 25.4 Å². The standard InChI is InChI=1S/C32H47N3O5/c1-9-11-18-33-29(37)28(26-17-12-21(3)19-22(26)4)35(23(5)10-2)30(38)27(34-31(39)40-32(6,7)8)20-24-13-15-25(36)16-14-24/h12-17,19,23,27-28,36H,9-11,18,20H2,1-8H3,(H,33,37)(H,34,39). The number of hydrogen-bond acceptors (Lipinski definition) is 5. The van der Waals surface area contributed by atoms with E-state index in [0.29, 0.717) is 13.0 Å². The Morgan fingerprint density at radius 1 is 1.02 bits per heavy atom. The first-order valence-electron chi connectivity index (χ1n) is 14.2. The number of aromatic hydroxyl groups is 1. The van der Waals surface area contributed by atoms with Gasteiger partial charge >= 0.3 is 6.09 Å². The number of rotatable bonds is 12. The first-order chi connectivity index (χ1) is 18.8. The van der Waals surface area contributed by atoms with Crippen molar-refractivity contribution in [3.05, 3.63) is 64.7 Å². The summed E-state index contributed by atoms with van der Waals surface area (Å²) in [5.74, 6) is -0.537. The van der Waals surface area contributed by atoms with Crippen LogP contribution >= 0.6 is 0 Å². The van der Waals surface area contributed by atoms with E-state index in [1.165, 1.54) is 12.1 Å². The number of carbonyl (C=O) groups excluding carboxylic acids is 3. The number of nitrogens with one attached hydrogen (secondary N) is 2. The number of ether oxygens (including phenoxy) is 1. The molecule has 0 aromatic heterocycles. The van der Waals surface area contributed by atoms with Gasteiger partial charge in [-0.15, -0.1) is 0 Å². The van der Waals surface area contributed by atoms with Crippen molar-refractivity contribution in [3.63, 3.8) is 0 Å². The average molecular weight is 554 g/mol. The first kappa shape index (κ1) is 32.7. The molecule has 2 aromatic carbocycles. The highest BCUT2D eigenvalue weighted by Gasteiger charge is 2.39. The molecule has 0 radical (unpaired) electrons. The molecule has 2 rings (SSSR count). The maximum absolute atomic E-state index is 14.5. The maximum atomic E-state index is 14.5. The number of carbonyl (C=O) groups is 3. The molecule has 40 heavy (non-hydrogen) atoms. The smallest absolute Gasteiger partial charge is 0.408 e. The SMILES string of the molecule is CCCCNC(=O)C(c1ccc(C)cc1C)N(C(=O)C(Cc1ccc(O)cc1)NC(=O)OC(C)(C)C)C(C)CC. The molecule has 0 saturated carbocycles. The molecule has 3 amide bonds. The molecule has 0 fully saturated rings. The van der Waals surface area contributed by atoms with Gasteiger partial charge in [0, 0.05) is 19.0 Å². The van der Waals surface area contributed by atoms with Crippen molar-refractivity contribution in [1.82, 2.24) is 15.5 Å². The topological polar surface area (TPSA) is 108 Å². The van der Waals surface area contributed by atoms with Crippen molar-refractivity contribution in [1.29, 1.82) is 0 Å². The van der Waals surface area contributed by atoms with Crippen molar-refractivity contribution >= 4 is 17.9 Å². The summed E-state index contributed by atoms with van der Waals surface area (Å²) in [5.41, 5.74) is 2.70. The van der Waals surface area contributed by atoms with Crippen LogP contribution in [0, 0.1) is 13.8 Å². The molecule has 0 aliphatic carbocycles. The zero-order chi connectivity index (χ0) is 30.0. The number of hydrogen-bond donors (Lipinski definition) is 3. The number of aryl methyl sites for hydroxylation is 2. The monoisotopic (exact) mass is 553 g/mol.